The van der Waals surface area contributed by atoms with Crippen molar-refractivity contribution in [2.24, 2.45) is 0 Å². The van der Waals surface area contributed by atoms with Crippen molar-refractivity contribution in [3.8, 4) is 0 Å². The monoisotopic (exact) mass is 622 g/mol. The number of carbonyl (C=O) groups is 1. The van der Waals surface area contributed by atoms with Crippen LogP contribution >= 0.6 is 7.82 Å². The first kappa shape index (κ1) is 37.6. The lowest BCUT2D eigenvalue weighted by Gasteiger charge is -2.29. The summed E-state index contributed by atoms with van der Waals surface area (Å²) in [5.74, 6) is -0.319. The van der Waals surface area contributed by atoms with Crippen LogP contribution in [0.3, 0.4) is 0 Å². The van der Waals surface area contributed by atoms with E-state index in [0.717, 1.165) is 25.7 Å². The molecule has 9 atom stereocenters. The molecule has 2 heterocycles. The van der Waals surface area contributed by atoms with Gasteiger partial charge in [-0.25, -0.2) is 4.57 Å². The number of aliphatic hydroxyl groups excluding tert-OH is 2. The Morgan fingerprint density at radius 3 is 2.07 bits per heavy atom. The maximum Gasteiger partial charge on any atom is 0.472 e. The zero-order valence-corrected chi connectivity index (χ0v) is 27.1. The van der Waals surface area contributed by atoms with E-state index < -0.39 is 67.8 Å². The summed E-state index contributed by atoms with van der Waals surface area (Å²) < 4.78 is 50.9. The molecule has 2 radical (unpaired) electrons. The van der Waals surface area contributed by atoms with Crippen molar-refractivity contribution in [2.45, 2.75) is 153 Å². The molecule has 2 fully saturated rings. The van der Waals surface area contributed by atoms with E-state index in [1.54, 1.807) is 6.92 Å². The van der Waals surface area contributed by atoms with Crippen molar-refractivity contribution in [1.29, 1.82) is 0 Å². The molecule has 0 saturated carbocycles. The number of esters is 1. The number of phosphoric acid groups is 1. The molecule has 0 aromatic rings. The first-order valence-electron chi connectivity index (χ1n) is 14.9. The Labute approximate surface area is 252 Å². The number of unbranched alkanes of at least 4 members (excludes halogenated alkanes) is 5. The van der Waals surface area contributed by atoms with Gasteiger partial charge in [0.2, 0.25) is 0 Å². The number of phosphoric ester groups is 1. The van der Waals surface area contributed by atoms with Crippen molar-refractivity contribution in [2.75, 3.05) is 19.8 Å². The summed E-state index contributed by atoms with van der Waals surface area (Å²) in [7, 11) is 1.28. The van der Waals surface area contributed by atoms with Crippen LogP contribution in [0.1, 0.15) is 93.4 Å². The molecule has 42 heavy (non-hydrogen) atoms. The molecule has 0 aliphatic carbocycles. The SMILES string of the molecule is [B][C@@H]1O[C@H](COC(C)(C)C)C(OP(=O)(O)OCCCCCCCCC(=O)OC[C@H]2O[C@@H](C)[C@@H](O)C2OC(C)(C)C)[C@@H]1O. The highest BCUT2D eigenvalue weighted by atomic mass is 31.2. The number of rotatable bonds is 17. The van der Waals surface area contributed by atoms with Crippen LogP contribution in [0.5, 0.6) is 0 Å². The van der Waals surface area contributed by atoms with Crippen LogP contribution < -0.4 is 0 Å². The molecule has 244 valence electrons. The van der Waals surface area contributed by atoms with Crippen molar-refractivity contribution in [3.05, 3.63) is 0 Å². The first-order chi connectivity index (χ1) is 19.4. The summed E-state index contributed by atoms with van der Waals surface area (Å²) in [6, 6.07) is -1.06. The third kappa shape index (κ3) is 13.6. The Morgan fingerprint density at radius 2 is 1.45 bits per heavy atom. The van der Waals surface area contributed by atoms with Crippen LogP contribution in [0.25, 0.3) is 0 Å². The fourth-order valence-corrected chi connectivity index (χ4v) is 5.65. The van der Waals surface area contributed by atoms with Crippen LogP contribution in [-0.4, -0.2) is 109 Å². The highest BCUT2D eigenvalue weighted by Crippen LogP contribution is 2.47. The third-order valence-corrected chi connectivity index (χ3v) is 7.83. The van der Waals surface area contributed by atoms with Gasteiger partial charge in [0.15, 0.2) is 0 Å². The fraction of sp³-hybridized carbons (Fsp3) is 0.964. The van der Waals surface area contributed by atoms with E-state index in [-0.39, 0.29) is 32.2 Å². The van der Waals surface area contributed by atoms with Gasteiger partial charge in [-0.05, 0) is 61.3 Å². The molecule has 2 rings (SSSR count). The van der Waals surface area contributed by atoms with Crippen LogP contribution in [0.4, 0.5) is 0 Å². The molecule has 0 bridgehead atoms. The molecular formula is C28H52BO12P. The van der Waals surface area contributed by atoms with E-state index in [0.29, 0.717) is 12.8 Å². The van der Waals surface area contributed by atoms with Gasteiger partial charge < -0.3 is 38.8 Å². The summed E-state index contributed by atoms with van der Waals surface area (Å²) in [5, 5.41) is 20.6. The van der Waals surface area contributed by atoms with Crippen LogP contribution in [0.2, 0.25) is 0 Å². The van der Waals surface area contributed by atoms with Crippen molar-refractivity contribution < 1.29 is 57.2 Å². The van der Waals surface area contributed by atoms with Gasteiger partial charge in [-0.15, -0.1) is 0 Å². The molecule has 3 unspecified atom stereocenters. The highest BCUT2D eigenvalue weighted by molar-refractivity contribution is 7.47. The zero-order valence-electron chi connectivity index (χ0n) is 26.2. The standard InChI is InChI=1S/C28H52BO12P/c1-18-22(31)24(40-28(5,6)7)19(38-18)16-35-21(30)14-12-10-8-9-11-13-15-37-42(33,34)41-25-20(17-36-27(2,3)4)39-26(29)23(25)32/h18-20,22-26,31-32H,8-17H2,1-7H3,(H,33,34)/t18-,19+,20+,22+,23-,24?,25?,26+/m0/s1. The largest absolute Gasteiger partial charge is 0.472 e. The predicted octanol–water partition coefficient (Wildman–Crippen LogP) is 3.16. The Kier molecular flexibility index (Phi) is 14.9. The van der Waals surface area contributed by atoms with Gasteiger partial charge >= 0.3 is 13.8 Å². The Bertz CT molecular complexity index is 863. The Balaban J connectivity index is 1.56. The summed E-state index contributed by atoms with van der Waals surface area (Å²) in [6.07, 6.45) is -0.689. The molecular weight excluding hydrogens is 570 g/mol. The van der Waals surface area contributed by atoms with Crippen molar-refractivity contribution in [3.63, 3.8) is 0 Å². The number of ether oxygens (including phenoxy) is 5. The van der Waals surface area contributed by atoms with Gasteiger partial charge in [0.25, 0.3) is 0 Å². The third-order valence-electron chi connectivity index (χ3n) is 6.81. The molecule has 2 aliphatic heterocycles. The van der Waals surface area contributed by atoms with E-state index in [9.17, 15) is 24.5 Å². The van der Waals surface area contributed by atoms with E-state index in [2.05, 4.69) is 0 Å². The number of carbonyl (C=O) groups excluding carboxylic acids is 1. The van der Waals surface area contributed by atoms with Gasteiger partial charge in [-0.3, -0.25) is 13.8 Å². The Hall–Kier alpha value is -0.595. The first-order valence-corrected chi connectivity index (χ1v) is 16.4. The van der Waals surface area contributed by atoms with Gasteiger partial charge in [0.05, 0.1) is 30.5 Å². The van der Waals surface area contributed by atoms with Crippen molar-refractivity contribution >= 4 is 21.6 Å². The summed E-state index contributed by atoms with van der Waals surface area (Å²) in [5.41, 5.74) is -0.942. The molecule has 0 aromatic carbocycles. The quantitative estimate of drug-likeness (QED) is 0.0943. The lowest BCUT2D eigenvalue weighted by atomic mass is 9.93. The minimum atomic E-state index is -4.45. The molecule has 14 heteroatoms. The average molecular weight is 622 g/mol. The normalized spacial score (nSPS) is 31.8. The second-order valence-corrected chi connectivity index (χ2v) is 14.5. The fourth-order valence-electron chi connectivity index (χ4n) is 4.66. The van der Waals surface area contributed by atoms with E-state index in [4.69, 9.17) is 40.6 Å². The van der Waals surface area contributed by atoms with Gasteiger partial charge in [0.1, 0.15) is 51.1 Å². The minimum absolute atomic E-state index is 0.00939. The highest BCUT2D eigenvalue weighted by Gasteiger charge is 2.46. The second-order valence-electron chi connectivity index (χ2n) is 13.0. The van der Waals surface area contributed by atoms with Gasteiger partial charge in [-0.2, -0.15) is 0 Å². The number of aliphatic hydroxyl groups is 2. The number of hydrogen-bond donors (Lipinski definition) is 3. The lowest BCUT2D eigenvalue weighted by Crippen LogP contribution is -2.42. The topological polar surface area (TPSA) is 159 Å². The molecule has 3 N–H and O–H groups in total. The van der Waals surface area contributed by atoms with Gasteiger partial charge in [-0.1, -0.05) is 25.7 Å². The zero-order chi connectivity index (χ0) is 31.7. The Morgan fingerprint density at radius 1 is 0.857 bits per heavy atom. The summed E-state index contributed by atoms with van der Waals surface area (Å²) >= 11 is 0. The minimum Gasteiger partial charge on any atom is -0.463 e. The van der Waals surface area contributed by atoms with E-state index >= 15 is 0 Å². The van der Waals surface area contributed by atoms with E-state index in [1.165, 1.54) is 0 Å². The van der Waals surface area contributed by atoms with Crippen LogP contribution in [0, 0.1) is 0 Å². The molecule has 2 saturated heterocycles. The average Bonchev–Trinajstić information content (AvgIpc) is 3.27. The van der Waals surface area contributed by atoms with Crippen LogP contribution in [-0.2, 0) is 42.1 Å². The molecule has 0 aromatic heterocycles. The maximum atomic E-state index is 12.4. The van der Waals surface area contributed by atoms with Crippen LogP contribution in [0.15, 0.2) is 0 Å². The summed E-state index contributed by atoms with van der Waals surface area (Å²) in [6.45, 7) is 13.1. The predicted molar refractivity (Wildman–Crippen MR) is 155 cm³/mol. The lowest BCUT2D eigenvalue weighted by molar-refractivity contribution is -0.154. The second kappa shape index (κ2) is 16.6. The molecule has 0 amide bonds. The number of hydrogen-bond acceptors (Lipinski definition) is 11. The van der Waals surface area contributed by atoms with E-state index in [1.807, 2.05) is 41.5 Å². The molecule has 0 spiro atoms. The maximum absolute atomic E-state index is 12.4. The smallest absolute Gasteiger partial charge is 0.463 e. The van der Waals surface area contributed by atoms with Crippen molar-refractivity contribution in [1.82, 2.24) is 0 Å². The molecule has 12 nitrogen and oxygen atoms in total. The van der Waals surface area contributed by atoms with Gasteiger partial charge in [0, 0.05) is 12.4 Å². The summed E-state index contributed by atoms with van der Waals surface area (Å²) in [4.78, 5) is 22.3. The molecule has 2 aliphatic rings.